The lowest BCUT2D eigenvalue weighted by molar-refractivity contribution is -0.120. The zero-order valence-electron chi connectivity index (χ0n) is 18.1. The molecule has 30 heavy (non-hydrogen) atoms. The molecular weight excluding hydrogens is 400 g/mol. The highest BCUT2D eigenvalue weighted by Gasteiger charge is 2.33. The van der Waals surface area contributed by atoms with E-state index in [1.807, 2.05) is 45.9 Å². The first-order chi connectivity index (χ1) is 14.2. The molecule has 0 spiro atoms. The van der Waals surface area contributed by atoms with Gasteiger partial charge in [0.2, 0.25) is 15.9 Å². The Balaban J connectivity index is 1.74. The van der Waals surface area contributed by atoms with Crippen molar-refractivity contribution in [3.8, 4) is 5.75 Å². The average Bonchev–Trinajstić information content (AvgIpc) is 2.69. The van der Waals surface area contributed by atoms with Crippen LogP contribution in [0.3, 0.4) is 0 Å². The molecule has 1 amide bonds. The summed E-state index contributed by atoms with van der Waals surface area (Å²) in [4.78, 5) is 13.1. The molecular formula is C23H30N2O4S. The second-order valence-corrected chi connectivity index (χ2v) is 9.87. The van der Waals surface area contributed by atoms with Gasteiger partial charge in [-0.25, -0.2) is 8.42 Å². The van der Waals surface area contributed by atoms with Gasteiger partial charge < -0.3 is 10.1 Å². The standard InChI is InChI=1S/C23H30N2O4S/c1-5-29-22-9-8-21(14-18(22)4)30(27,28)25-10-6-7-19(15-25)23(26)24-20-12-16(2)11-17(3)13-20/h8-9,11-14,19H,5-7,10,15H2,1-4H3,(H,24,26)/t19-/m1/s1. The molecule has 0 aromatic heterocycles. The molecule has 7 heteroatoms. The third-order valence-electron chi connectivity index (χ3n) is 5.33. The minimum atomic E-state index is -3.67. The Morgan fingerprint density at radius 2 is 1.83 bits per heavy atom. The van der Waals surface area contributed by atoms with Gasteiger partial charge in [-0.1, -0.05) is 6.07 Å². The fourth-order valence-corrected chi connectivity index (χ4v) is 5.52. The van der Waals surface area contributed by atoms with Crippen LogP contribution in [0.1, 0.15) is 36.5 Å². The lowest BCUT2D eigenvalue weighted by Crippen LogP contribution is -2.43. The summed E-state index contributed by atoms with van der Waals surface area (Å²) in [5.74, 6) is 0.168. The Hall–Kier alpha value is -2.38. The van der Waals surface area contributed by atoms with E-state index < -0.39 is 10.0 Å². The van der Waals surface area contributed by atoms with E-state index in [9.17, 15) is 13.2 Å². The summed E-state index contributed by atoms with van der Waals surface area (Å²) in [6.07, 6.45) is 1.32. The quantitative estimate of drug-likeness (QED) is 0.750. The predicted octanol–water partition coefficient (Wildman–Crippen LogP) is 4.05. The Kier molecular flexibility index (Phi) is 6.83. The monoisotopic (exact) mass is 430 g/mol. The molecule has 1 aliphatic rings. The zero-order valence-corrected chi connectivity index (χ0v) is 18.9. The summed E-state index contributed by atoms with van der Waals surface area (Å²) < 4.78 is 33.3. The molecule has 162 valence electrons. The van der Waals surface area contributed by atoms with Gasteiger partial charge in [-0.15, -0.1) is 0 Å². The first-order valence-corrected chi connectivity index (χ1v) is 11.8. The van der Waals surface area contributed by atoms with Crippen LogP contribution in [-0.2, 0) is 14.8 Å². The van der Waals surface area contributed by atoms with Crippen molar-refractivity contribution < 1.29 is 17.9 Å². The number of aryl methyl sites for hydroxylation is 3. The lowest BCUT2D eigenvalue weighted by Gasteiger charge is -2.31. The number of nitrogens with zero attached hydrogens (tertiary/aromatic N) is 1. The van der Waals surface area contributed by atoms with Gasteiger partial charge in [0.15, 0.2) is 0 Å². The average molecular weight is 431 g/mol. The smallest absolute Gasteiger partial charge is 0.243 e. The van der Waals surface area contributed by atoms with Crippen LogP contribution in [0.5, 0.6) is 5.75 Å². The minimum absolute atomic E-state index is 0.136. The van der Waals surface area contributed by atoms with E-state index in [1.54, 1.807) is 18.2 Å². The molecule has 1 saturated heterocycles. The van der Waals surface area contributed by atoms with Crippen LogP contribution in [0.15, 0.2) is 41.3 Å². The molecule has 2 aromatic rings. The molecule has 1 atom stereocenters. The van der Waals surface area contributed by atoms with Crippen molar-refractivity contribution in [3.63, 3.8) is 0 Å². The van der Waals surface area contributed by atoms with Gasteiger partial charge in [-0.3, -0.25) is 4.79 Å². The number of nitrogens with one attached hydrogen (secondary N) is 1. The van der Waals surface area contributed by atoms with Crippen molar-refractivity contribution >= 4 is 21.6 Å². The predicted molar refractivity (Wildman–Crippen MR) is 118 cm³/mol. The number of carbonyl (C=O) groups is 1. The molecule has 6 nitrogen and oxygen atoms in total. The number of carbonyl (C=O) groups excluding carboxylic acids is 1. The maximum atomic E-state index is 13.2. The Morgan fingerprint density at radius 3 is 2.47 bits per heavy atom. The summed E-state index contributed by atoms with van der Waals surface area (Å²) in [6.45, 7) is 8.82. The van der Waals surface area contributed by atoms with Gasteiger partial charge >= 0.3 is 0 Å². The van der Waals surface area contributed by atoms with Gasteiger partial charge in [0, 0.05) is 18.8 Å². The number of ether oxygens (including phenoxy) is 1. The molecule has 3 rings (SSSR count). The van der Waals surface area contributed by atoms with E-state index in [0.29, 0.717) is 31.7 Å². The van der Waals surface area contributed by atoms with Crippen molar-refractivity contribution in [2.75, 3.05) is 25.0 Å². The Morgan fingerprint density at radius 1 is 1.13 bits per heavy atom. The van der Waals surface area contributed by atoms with Crippen LogP contribution in [0.25, 0.3) is 0 Å². The number of piperidine rings is 1. The van der Waals surface area contributed by atoms with Gasteiger partial charge in [-0.2, -0.15) is 4.31 Å². The number of benzene rings is 2. The van der Waals surface area contributed by atoms with Gasteiger partial charge in [0.05, 0.1) is 17.4 Å². The van der Waals surface area contributed by atoms with Gasteiger partial charge in [0.25, 0.3) is 0 Å². The summed E-state index contributed by atoms with van der Waals surface area (Å²) in [7, 11) is -3.67. The highest BCUT2D eigenvalue weighted by molar-refractivity contribution is 7.89. The topological polar surface area (TPSA) is 75.7 Å². The number of amides is 1. The van der Waals surface area contributed by atoms with Crippen LogP contribution in [0.2, 0.25) is 0 Å². The summed E-state index contributed by atoms with van der Waals surface area (Å²) in [6, 6.07) is 10.8. The fraction of sp³-hybridized carbons (Fsp3) is 0.435. The van der Waals surface area contributed by atoms with Crippen LogP contribution < -0.4 is 10.1 Å². The maximum Gasteiger partial charge on any atom is 0.243 e. The van der Waals surface area contributed by atoms with Crippen molar-refractivity contribution in [1.82, 2.24) is 4.31 Å². The van der Waals surface area contributed by atoms with E-state index in [2.05, 4.69) is 5.32 Å². The minimum Gasteiger partial charge on any atom is -0.494 e. The van der Waals surface area contributed by atoms with Crippen molar-refractivity contribution in [2.45, 2.75) is 45.4 Å². The van der Waals surface area contributed by atoms with Gasteiger partial charge in [0.1, 0.15) is 5.75 Å². The maximum absolute atomic E-state index is 13.2. The van der Waals surface area contributed by atoms with E-state index in [1.165, 1.54) is 4.31 Å². The number of rotatable bonds is 6. The van der Waals surface area contributed by atoms with Crippen LogP contribution in [0, 0.1) is 26.7 Å². The number of sulfonamides is 1. The number of hydrogen-bond acceptors (Lipinski definition) is 4. The van der Waals surface area contributed by atoms with Crippen molar-refractivity contribution in [2.24, 2.45) is 5.92 Å². The number of anilines is 1. The zero-order chi connectivity index (χ0) is 21.9. The van der Waals surface area contributed by atoms with E-state index in [-0.39, 0.29) is 23.3 Å². The van der Waals surface area contributed by atoms with Gasteiger partial charge in [-0.05, 0) is 87.6 Å². The molecule has 1 fully saturated rings. The molecule has 1 heterocycles. The van der Waals surface area contributed by atoms with E-state index >= 15 is 0 Å². The Bertz CT molecular complexity index is 1010. The lowest BCUT2D eigenvalue weighted by atomic mass is 9.98. The van der Waals surface area contributed by atoms with Crippen molar-refractivity contribution in [1.29, 1.82) is 0 Å². The highest BCUT2D eigenvalue weighted by atomic mass is 32.2. The molecule has 0 bridgehead atoms. The van der Waals surface area contributed by atoms with Crippen molar-refractivity contribution in [3.05, 3.63) is 53.1 Å². The van der Waals surface area contributed by atoms with E-state index in [4.69, 9.17) is 4.74 Å². The number of hydrogen-bond donors (Lipinski definition) is 1. The largest absolute Gasteiger partial charge is 0.494 e. The molecule has 0 aliphatic carbocycles. The second kappa shape index (κ2) is 9.18. The third-order valence-corrected chi connectivity index (χ3v) is 7.19. The summed E-state index contributed by atoms with van der Waals surface area (Å²) >= 11 is 0. The Labute approximate surface area is 179 Å². The SMILES string of the molecule is CCOc1ccc(S(=O)(=O)N2CCC[C@@H](C(=O)Nc3cc(C)cc(C)c3)C2)cc1C. The molecule has 1 N–H and O–H groups in total. The van der Waals surface area contributed by atoms with Crippen LogP contribution in [0.4, 0.5) is 5.69 Å². The first kappa shape index (κ1) is 22.3. The third kappa shape index (κ3) is 5.02. The van der Waals surface area contributed by atoms with E-state index in [0.717, 1.165) is 22.4 Å². The van der Waals surface area contributed by atoms with Crippen LogP contribution in [-0.4, -0.2) is 38.3 Å². The molecule has 0 saturated carbocycles. The normalized spacial score (nSPS) is 17.5. The molecule has 0 unspecified atom stereocenters. The van der Waals surface area contributed by atoms with Crippen LogP contribution >= 0.6 is 0 Å². The summed E-state index contributed by atoms with van der Waals surface area (Å²) in [5, 5.41) is 2.96. The molecule has 0 radical (unpaired) electrons. The fourth-order valence-electron chi connectivity index (χ4n) is 3.91. The summed E-state index contributed by atoms with van der Waals surface area (Å²) in [5.41, 5.74) is 3.67. The second-order valence-electron chi connectivity index (χ2n) is 7.93. The first-order valence-electron chi connectivity index (χ1n) is 10.3. The molecule has 1 aliphatic heterocycles. The highest BCUT2D eigenvalue weighted by Crippen LogP contribution is 2.28. The molecule has 2 aromatic carbocycles.